The minimum Gasteiger partial charge on any atom is -0.337 e. The van der Waals surface area contributed by atoms with E-state index in [1.165, 1.54) is 0 Å². The lowest BCUT2D eigenvalue weighted by atomic mass is 9.87. The molecule has 1 aliphatic heterocycles. The van der Waals surface area contributed by atoms with Crippen LogP contribution in [0.25, 0.3) is 0 Å². The third kappa shape index (κ3) is 2.90. The number of nitrogens with zero attached hydrogens (tertiary/aromatic N) is 2. The molecule has 5 heteroatoms. The third-order valence-electron chi connectivity index (χ3n) is 3.65. The maximum atomic E-state index is 12.3. The monoisotopic (exact) mass is 311 g/mol. The van der Waals surface area contributed by atoms with Gasteiger partial charge in [0, 0.05) is 23.8 Å². The second kappa shape index (κ2) is 5.80. The highest BCUT2D eigenvalue weighted by molar-refractivity contribution is 9.10. The van der Waals surface area contributed by atoms with Gasteiger partial charge in [-0.25, -0.2) is 4.98 Å². The Morgan fingerprint density at radius 1 is 1.61 bits per heavy atom. The molecule has 0 aromatic carbocycles. The van der Waals surface area contributed by atoms with E-state index in [2.05, 4.69) is 27.8 Å². The predicted octanol–water partition coefficient (Wildman–Crippen LogP) is 1.90. The first-order chi connectivity index (χ1) is 8.61. The lowest BCUT2D eigenvalue weighted by Crippen LogP contribution is -2.45. The number of carbonyl (C=O) groups excluding carboxylic acids is 1. The number of rotatable bonds is 2. The van der Waals surface area contributed by atoms with E-state index in [0.29, 0.717) is 24.1 Å². The van der Waals surface area contributed by atoms with E-state index < -0.39 is 0 Å². The number of halogens is 1. The summed E-state index contributed by atoms with van der Waals surface area (Å²) in [6.07, 6.45) is 2.67. The maximum Gasteiger partial charge on any atom is 0.272 e. The van der Waals surface area contributed by atoms with E-state index in [0.717, 1.165) is 24.0 Å². The number of hydrogen-bond acceptors (Lipinski definition) is 3. The highest BCUT2D eigenvalue weighted by Crippen LogP contribution is 2.23. The molecule has 2 atom stereocenters. The number of aromatic nitrogens is 1. The zero-order valence-corrected chi connectivity index (χ0v) is 12.1. The molecule has 2 heterocycles. The van der Waals surface area contributed by atoms with Crippen molar-refractivity contribution in [2.24, 2.45) is 17.6 Å². The van der Waals surface area contributed by atoms with Gasteiger partial charge >= 0.3 is 0 Å². The molecule has 0 radical (unpaired) electrons. The smallest absolute Gasteiger partial charge is 0.272 e. The molecule has 18 heavy (non-hydrogen) atoms. The Morgan fingerprint density at radius 2 is 2.39 bits per heavy atom. The normalized spacial score (nSPS) is 24.1. The second-order valence-electron chi connectivity index (χ2n) is 4.87. The van der Waals surface area contributed by atoms with Gasteiger partial charge in [0.25, 0.3) is 5.91 Å². The van der Waals surface area contributed by atoms with Crippen LogP contribution in [0.15, 0.2) is 22.8 Å². The summed E-state index contributed by atoms with van der Waals surface area (Å²) in [6, 6.07) is 3.59. The van der Waals surface area contributed by atoms with Crippen molar-refractivity contribution in [3.8, 4) is 0 Å². The summed E-state index contributed by atoms with van der Waals surface area (Å²) in [5.41, 5.74) is 6.26. The van der Waals surface area contributed by atoms with Crippen LogP contribution in [0.2, 0.25) is 0 Å². The molecule has 2 N–H and O–H groups in total. The van der Waals surface area contributed by atoms with Crippen LogP contribution < -0.4 is 5.73 Å². The Kier molecular flexibility index (Phi) is 4.35. The molecule has 1 aliphatic rings. The van der Waals surface area contributed by atoms with Crippen LogP contribution in [0.1, 0.15) is 23.8 Å². The largest absolute Gasteiger partial charge is 0.337 e. The van der Waals surface area contributed by atoms with Crippen molar-refractivity contribution in [3.05, 3.63) is 28.5 Å². The average Bonchev–Trinajstić information content (AvgIpc) is 2.39. The number of pyridine rings is 1. The van der Waals surface area contributed by atoms with Gasteiger partial charge in [0.1, 0.15) is 5.69 Å². The van der Waals surface area contributed by atoms with E-state index in [9.17, 15) is 4.79 Å². The van der Waals surface area contributed by atoms with Crippen molar-refractivity contribution in [1.82, 2.24) is 9.88 Å². The lowest BCUT2D eigenvalue weighted by Gasteiger charge is -2.36. The molecule has 4 nitrogen and oxygen atoms in total. The topological polar surface area (TPSA) is 59.2 Å². The summed E-state index contributed by atoms with van der Waals surface area (Å²) in [6.45, 7) is 4.39. The van der Waals surface area contributed by atoms with Gasteiger partial charge in [0.05, 0.1) is 0 Å². The first-order valence-electron chi connectivity index (χ1n) is 6.22. The van der Waals surface area contributed by atoms with Crippen LogP contribution in [0.4, 0.5) is 0 Å². The van der Waals surface area contributed by atoms with Crippen molar-refractivity contribution >= 4 is 21.8 Å². The molecule has 0 bridgehead atoms. The lowest BCUT2D eigenvalue weighted by molar-refractivity contribution is 0.0612. The van der Waals surface area contributed by atoms with E-state index >= 15 is 0 Å². The van der Waals surface area contributed by atoms with E-state index in [1.807, 2.05) is 11.0 Å². The van der Waals surface area contributed by atoms with Crippen LogP contribution in [0.5, 0.6) is 0 Å². The van der Waals surface area contributed by atoms with E-state index in [-0.39, 0.29) is 5.91 Å². The van der Waals surface area contributed by atoms with Gasteiger partial charge in [-0.15, -0.1) is 0 Å². The summed E-state index contributed by atoms with van der Waals surface area (Å²) >= 11 is 3.32. The standard InChI is InChI=1S/C13H18BrN3O/c1-9-4-5-17(8-10(9)6-15)13(18)12-3-2-11(14)7-16-12/h2-3,7,9-10H,4-6,8,15H2,1H3. The third-order valence-corrected chi connectivity index (χ3v) is 4.12. The van der Waals surface area contributed by atoms with Gasteiger partial charge in [-0.1, -0.05) is 6.92 Å². The molecule has 0 saturated carbocycles. The van der Waals surface area contributed by atoms with Crippen LogP contribution in [0, 0.1) is 11.8 Å². The molecule has 1 aromatic rings. The minimum absolute atomic E-state index is 0.00727. The number of carbonyl (C=O) groups is 1. The van der Waals surface area contributed by atoms with Crippen LogP contribution >= 0.6 is 15.9 Å². The number of piperidine rings is 1. The van der Waals surface area contributed by atoms with Gasteiger partial charge < -0.3 is 10.6 Å². The number of likely N-dealkylation sites (tertiary alicyclic amines) is 1. The molecule has 2 rings (SSSR count). The summed E-state index contributed by atoms with van der Waals surface area (Å²) in [7, 11) is 0. The van der Waals surface area contributed by atoms with Crippen LogP contribution in [-0.2, 0) is 0 Å². The fourth-order valence-corrected chi connectivity index (χ4v) is 2.54. The summed E-state index contributed by atoms with van der Waals surface area (Å²) in [5.74, 6) is 1.00. The molecule has 98 valence electrons. The Bertz CT molecular complexity index is 421. The summed E-state index contributed by atoms with van der Waals surface area (Å²) in [4.78, 5) is 18.3. The molecular weight excluding hydrogens is 294 g/mol. The van der Waals surface area contributed by atoms with Crippen molar-refractivity contribution in [2.45, 2.75) is 13.3 Å². The van der Waals surface area contributed by atoms with Crippen molar-refractivity contribution < 1.29 is 4.79 Å². The first kappa shape index (κ1) is 13.5. The zero-order valence-electron chi connectivity index (χ0n) is 10.5. The van der Waals surface area contributed by atoms with Gasteiger partial charge in [0.15, 0.2) is 0 Å². The van der Waals surface area contributed by atoms with Gasteiger partial charge in [-0.2, -0.15) is 0 Å². The van der Waals surface area contributed by atoms with Gasteiger partial charge in [0.2, 0.25) is 0 Å². The van der Waals surface area contributed by atoms with Gasteiger partial charge in [-0.3, -0.25) is 4.79 Å². The Morgan fingerprint density at radius 3 is 3.00 bits per heavy atom. The molecular formula is C13H18BrN3O. The number of nitrogens with two attached hydrogens (primary N) is 1. The summed E-state index contributed by atoms with van der Waals surface area (Å²) in [5, 5.41) is 0. The van der Waals surface area contributed by atoms with Crippen molar-refractivity contribution in [3.63, 3.8) is 0 Å². The molecule has 0 spiro atoms. The van der Waals surface area contributed by atoms with E-state index in [1.54, 1.807) is 12.3 Å². The van der Waals surface area contributed by atoms with E-state index in [4.69, 9.17) is 5.73 Å². The van der Waals surface area contributed by atoms with Crippen molar-refractivity contribution in [2.75, 3.05) is 19.6 Å². The van der Waals surface area contributed by atoms with Crippen molar-refractivity contribution in [1.29, 1.82) is 0 Å². The summed E-state index contributed by atoms with van der Waals surface area (Å²) < 4.78 is 0.881. The molecule has 1 aromatic heterocycles. The Hall–Kier alpha value is -0.940. The molecule has 0 aliphatic carbocycles. The fraction of sp³-hybridized carbons (Fsp3) is 0.538. The minimum atomic E-state index is 0.00727. The first-order valence-corrected chi connectivity index (χ1v) is 7.02. The highest BCUT2D eigenvalue weighted by atomic mass is 79.9. The predicted molar refractivity (Wildman–Crippen MR) is 74.2 cm³/mol. The molecule has 1 saturated heterocycles. The number of hydrogen-bond donors (Lipinski definition) is 1. The molecule has 1 amide bonds. The van der Waals surface area contributed by atoms with Crippen LogP contribution in [-0.4, -0.2) is 35.4 Å². The molecule has 1 fully saturated rings. The zero-order chi connectivity index (χ0) is 13.1. The Labute approximate surface area is 116 Å². The average molecular weight is 312 g/mol. The quantitative estimate of drug-likeness (QED) is 0.907. The SMILES string of the molecule is CC1CCN(C(=O)c2ccc(Br)cn2)CC1CN. The molecule has 2 unspecified atom stereocenters. The fourth-order valence-electron chi connectivity index (χ4n) is 2.31. The maximum absolute atomic E-state index is 12.3. The second-order valence-corrected chi connectivity index (χ2v) is 5.79. The van der Waals surface area contributed by atoms with Crippen LogP contribution in [0.3, 0.4) is 0 Å². The highest BCUT2D eigenvalue weighted by Gasteiger charge is 2.28. The van der Waals surface area contributed by atoms with Gasteiger partial charge in [-0.05, 0) is 52.9 Å². The Balaban J connectivity index is 2.07. The number of amides is 1.